The molecule has 158 valence electrons. The van der Waals surface area contributed by atoms with E-state index in [-0.39, 0.29) is 17.2 Å². The lowest BCUT2D eigenvalue weighted by Gasteiger charge is -2.24. The van der Waals surface area contributed by atoms with Crippen LogP contribution in [0.2, 0.25) is 5.02 Å². The molecule has 1 heterocycles. The first-order valence-corrected chi connectivity index (χ1v) is 12.0. The highest BCUT2D eigenvalue weighted by Gasteiger charge is 2.32. The fraction of sp³-hybridized carbons (Fsp3) is 0.167. The minimum atomic E-state index is -0.207. The van der Waals surface area contributed by atoms with Crippen molar-refractivity contribution in [1.29, 1.82) is 0 Å². The second-order valence-corrected chi connectivity index (χ2v) is 9.52. The van der Waals surface area contributed by atoms with Crippen LogP contribution in [0.4, 0.5) is 5.69 Å². The summed E-state index contributed by atoms with van der Waals surface area (Å²) in [6, 6.07) is 22.9. The van der Waals surface area contributed by atoms with E-state index < -0.39 is 0 Å². The Bertz CT molecular complexity index is 1090. The van der Waals surface area contributed by atoms with E-state index in [0.717, 1.165) is 16.5 Å². The van der Waals surface area contributed by atoms with Crippen molar-refractivity contribution in [3.05, 3.63) is 99.0 Å². The largest absolute Gasteiger partial charge is 0.326 e. The molecule has 1 aliphatic rings. The number of anilines is 1. The summed E-state index contributed by atoms with van der Waals surface area (Å²) in [5.41, 5.74) is 3.41. The molecule has 0 saturated carbocycles. The zero-order valence-electron chi connectivity index (χ0n) is 16.6. The van der Waals surface area contributed by atoms with Crippen LogP contribution < -0.4 is 5.32 Å². The maximum absolute atomic E-state index is 12.6. The van der Waals surface area contributed by atoms with Crippen LogP contribution in [0, 0.1) is 0 Å². The van der Waals surface area contributed by atoms with Crippen molar-refractivity contribution < 1.29 is 9.59 Å². The van der Waals surface area contributed by atoms with Gasteiger partial charge in [0.25, 0.3) is 5.91 Å². The zero-order valence-corrected chi connectivity index (χ0v) is 19.7. The van der Waals surface area contributed by atoms with E-state index in [1.54, 1.807) is 42.1 Å². The van der Waals surface area contributed by atoms with E-state index in [1.165, 1.54) is 5.56 Å². The average molecular weight is 516 g/mol. The molecule has 0 radical (unpaired) electrons. The predicted octanol–water partition coefficient (Wildman–Crippen LogP) is 6.17. The lowest BCUT2D eigenvalue weighted by atomic mass is 10.1. The molecule has 0 aliphatic carbocycles. The molecule has 1 unspecified atom stereocenters. The molecule has 1 atom stereocenters. The van der Waals surface area contributed by atoms with E-state index >= 15 is 0 Å². The summed E-state index contributed by atoms with van der Waals surface area (Å²) in [5, 5.41) is 3.36. The van der Waals surface area contributed by atoms with Gasteiger partial charge in [0.1, 0.15) is 5.37 Å². The number of nitrogens with zero attached hydrogens (tertiary/aromatic N) is 1. The minimum Gasteiger partial charge on any atom is -0.326 e. The lowest BCUT2D eigenvalue weighted by molar-refractivity contribution is -0.128. The Hall–Kier alpha value is -2.28. The van der Waals surface area contributed by atoms with E-state index in [2.05, 4.69) is 33.4 Å². The molecule has 0 spiro atoms. The number of nitrogens with one attached hydrogen (secondary N) is 1. The number of carbonyl (C=O) groups is 2. The van der Waals surface area contributed by atoms with Gasteiger partial charge in [0.15, 0.2) is 0 Å². The number of hydrogen-bond donors (Lipinski definition) is 1. The van der Waals surface area contributed by atoms with Crippen LogP contribution >= 0.6 is 39.3 Å². The Kier molecular flexibility index (Phi) is 7.00. The van der Waals surface area contributed by atoms with E-state index in [1.807, 2.05) is 35.2 Å². The molecule has 0 bridgehead atoms. The number of halogens is 2. The highest BCUT2D eigenvalue weighted by atomic mass is 79.9. The number of amides is 2. The second-order valence-electron chi connectivity index (χ2n) is 7.19. The highest BCUT2D eigenvalue weighted by molar-refractivity contribution is 9.10. The Balaban J connectivity index is 1.43. The third-order valence-electron chi connectivity index (χ3n) is 5.09. The van der Waals surface area contributed by atoms with Crippen molar-refractivity contribution in [3.63, 3.8) is 0 Å². The van der Waals surface area contributed by atoms with Crippen molar-refractivity contribution >= 4 is 56.8 Å². The van der Waals surface area contributed by atoms with Crippen LogP contribution in [-0.4, -0.2) is 29.0 Å². The highest BCUT2D eigenvalue weighted by Crippen LogP contribution is 2.38. The Labute approximate surface area is 199 Å². The number of benzene rings is 3. The van der Waals surface area contributed by atoms with Crippen LogP contribution in [0.5, 0.6) is 0 Å². The lowest BCUT2D eigenvalue weighted by Crippen LogP contribution is -2.30. The summed E-state index contributed by atoms with van der Waals surface area (Å²) < 4.78 is 0.775. The summed E-state index contributed by atoms with van der Waals surface area (Å²) in [5.74, 6) is 0.423. The number of carbonyl (C=O) groups excluding carboxylic acids is 2. The molecular formula is C24H20BrClN2O2S. The van der Waals surface area contributed by atoms with Gasteiger partial charge in [0.05, 0.1) is 10.8 Å². The molecule has 4 rings (SSSR count). The van der Waals surface area contributed by atoms with Gasteiger partial charge in [-0.2, -0.15) is 0 Å². The van der Waals surface area contributed by atoms with Gasteiger partial charge in [0, 0.05) is 22.3 Å². The van der Waals surface area contributed by atoms with Crippen molar-refractivity contribution in [2.45, 2.75) is 11.8 Å². The van der Waals surface area contributed by atoms with Crippen LogP contribution in [0.25, 0.3) is 0 Å². The standard InChI is InChI=1S/C24H20BrClN2O2S/c25-20-11-10-19(14-21(20)26)27-23(30)17-6-8-18(9-7-17)24-28(22(29)15-31-24)13-12-16-4-2-1-3-5-16/h1-11,14,24H,12-13,15H2,(H,27,30). The quantitative estimate of drug-likeness (QED) is 0.427. The second kappa shape index (κ2) is 9.90. The Morgan fingerprint density at radius 2 is 1.84 bits per heavy atom. The zero-order chi connectivity index (χ0) is 21.8. The maximum atomic E-state index is 12.6. The molecule has 3 aromatic rings. The first-order chi connectivity index (χ1) is 15.0. The third kappa shape index (κ3) is 5.32. The summed E-state index contributed by atoms with van der Waals surface area (Å²) in [4.78, 5) is 26.9. The molecule has 1 N–H and O–H groups in total. The Morgan fingerprint density at radius 3 is 2.55 bits per heavy atom. The normalized spacial score (nSPS) is 15.9. The van der Waals surface area contributed by atoms with Crippen LogP contribution in [-0.2, 0) is 11.2 Å². The molecule has 31 heavy (non-hydrogen) atoms. The monoisotopic (exact) mass is 514 g/mol. The summed E-state index contributed by atoms with van der Waals surface area (Å²) in [6.45, 7) is 0.674. The number of thioether (sulfide) groups is 1. The van der Waals surface area contributed by atoms with Crippen LogP contribution in [0.15, 0.2) is 77.3 Å². The van der Waals surface area contributed by atoms with Gasteiger partial charge in [-0.1, -0.05) is 54.1 Å². The van der Waals surface area contributed by atoms with Crippen molar-refractivity contribution in [2.24, 2.45) is 0 Å². The molecule has 0 aromatic heterocycles. The van der Waals surface area contributed by atoms with Crippen LogP contribution in [0.3, 0.4) is 0 Å². The van der Waals surface area contributed by atoms with Crippen molar-refractivity contribution in [1.82, 2.24) is 4.90 Å². The van der Waals surface area contributed by atoms with Crippen LogP contribution in [0.1, 0.15) is 26.9 Å². The molecular weight excluding hydrogens is 496 g/mol. The molecule has 7 heteroatoms. The molecule has 1 aliphatic heterocycles. The predicted molar refractivity (Wildman–Crippen MR) is 131 cm³/mol. The van der Waals surface area contributed by atoms with Crippen molar-refractivity contribution in [2.75, 3.05) is 17.6 Å². The van der Waals surface area contributed by atoms with Crippen molar-refractivity contribution in [3.8, 4) is 0 Å². The molecule has 3 aromatic carbocycles. The van der Waals surface area contributed by atoms with Gasteiger partial charge < -0.3 is 10.2 Å². The van der Waals surface area contributed by atoms with Gasteiger partial charge in [-0.05, 0) is 63.8 Å². The fourth-order valence-corrected chi connectivity index (χ4v) is 5.09. The third-order valence-corrected chi connectivity index (χ3v) is 7.58. The Morgan fingerprint density at radius 1 is 1.10 bits per heavy atom. The summed E-state index contributed by atoms with van der Waals surface area (Å²) in [6.07, 6.45) is 0.819. The van der Waals surface area contributed by atoms with E-state index in [9.17, 15) is 9.59 Å². The molecule has 4 nitrogen and oxygen atoms in total. The number of hydrogen-bond acceptors (Lipinski definition) is 3. The topological polar surface area (TPSA) is 49.4 Å². The maximum Gasteiger partial charge on any atom is 0.255 e. The van der Waals surface area contributed by atoms with Gasteiger partial charge in [0.2, 0.25) is 5.91 Å². The van der Waals surface area contributed by atoms with E-state index in [0.29, 0.717) is 28.6 Å². The summed E-state index contributed by atoms with van der Waals surface area (Å²) in [7, 11) is 0. The average Bonchev–Trinajstić information content (AvgIpc) is 3.16. The molecule has 2 amide bonds. The van der Waals surface area contributed by atoms with E-state index in [4.69, 9.17) is 11.6 Å². The smallest absolute Gasteiger partial charge is 0.255 e. The van der Waals surface area contributed by atoms with Gasteiger partial charge >= 0.3 is 0 Å². The SMILES string of the molecule is O=C(Nc1ccc(Br)c(Cl)c1)c1ccc(C2SCC(=O)N2CCc2ccccc2)cc1. The minimum absolute atomic E-state index is 0.0291. The fourth-order valence-electron chi connectivity index (χ4n) is 3.44. The van der Waals surface area contributed by atoms with Gasteiger partial charge in [-0.25, -0.2) is 0 Å². The number of rotatable bonds is 6. The van der Waals surface area contributed by atoms with Gasteiger partial charge in [-0.15, -0.1) is 11.8 Å². The molecule has 1 fully saturated rings. The first-order valence-electron chi connectivity index (χ1n) is 9.82. The van der Waals surface area contributed by atoms with Gasteiger partial charge in [-0.3, -0.25) is 9.59 Å². The first kappa shape index (κ1) is 21.9. The summed E-state index contributed by atoms with van der Waals surface area (Å²) >= 11 is 11.1. The molecule has 1 saturated heterocycles.